The predicted octanol–water partition coefficient (Wildman–Crippen LogP) is 2.58. The minimum Gasteiger partial charge on any atom is -0.497 e. The molecule has 0 aliphatic rings. The van der Waals surface area contributed by atoms with Crippen LogP contribution in [0, 0.1) is 11.8 Å². The summed E-state index contributed by atoms with van der Waals surface area (Å²) in [5.74, 6) is 7.10. The molecular formula is C16H21NO4. The van der Waals surface area contributed by atoms with E-state index in [4.69, 9.17) is 14.2 Å². The zero-order valence-corrected chi connectivity index (χ0v) is 13.1. The van der Waals surface area contributed by atoms with E-state index in [-0.39, 0.29) is 6.54 Å². The van der Waals surface area contributed by atoms with Gasteiger partial charge in [0.2, 0.25) is 0 Å². The molecule has 0 heterocycles. The van der Waals surface area contributed by atoms with Crippen molar-refractivity contribution in [3.05, 3.63) is 23.8 Å². The van der Waals surface area contributed by atoms with E-state index in [0.717, 1.165) is 5.56 Å². The quantitative estimate of drug-likeness (QED) is 0.870. The molecule has 0 saturated heterocycles. The maximum absolute atomic E-state index is 11.4. The molecule has 0 saturated carbocycles. The maximum Gasteiger partial charge on any atom is 0.408 e. The fourth-order valence-corrected chi connectivity index (χ4v) is 1.47. The SMILES string of the molecule is COc1ccc(C#CCNC(=O)OC(C)(C)C)c(OC)c1. The van der Waals surface area contributed by atoms with E-state index in [9.17, 15) is 4.79 Å². The van der Waals surface area contributed by atoms with Crippen LogP contribution in [0.2, 0.25) is 0 Å². The molecule has 0 aliphatic carbocycles. The van der Waals surface area contributed by atoms with Crippen LogP contribution in [0.5, 0.6) is 11.5 Å². The fraction of sp³-hybridized carbons (Fsp3) is 0.438. The number of rotatable bonds is 3. The largest absolute Gasteiger partial charge is 0.497 e. The van der Waals surface area contributed by atoms with Gasteiger partial charge in [-0.1, -0.05) is 11.8 Å². The monoisotopic (exact) mass is 291 g/mol. The van der Waals surface area contributed by atoms with Gasteiger partial charge in [0.05, 0.1) is 26.3 Å². The minimum absolute atomic E-state index is 0.199. The molecule has 0 unspecified atom stereocenters. The maximum atomic E-state index is 11.4. The van der Waals surface area contributed by atoms with Gasteiger partial charge in [0.1, 0.15) is 17.1 Å². The number of ether oxygens (including phenoxy) is 3. The summed E-state index contributed by atoms with van der Waals surface area (Å²) in [6.07, 6.45) is -0.488. The molecule has 1 amide bonds. The lowest BCUT2D eigenvalue weighted by molar-refractivity contribution is 0.0535. The summed E-state index contributed by atoms with van der Waals surface area (Å²) in [4.78, 5) is 11.4. The molecule has 21 heavy (non-hydrogen) atoms. The second-order valence-corrected chi connectivity index (χ2v) is 5.22. The lowest BCUT2D eigenvalue weighted by Gasteiger charge is -2.19. The summed E-state index contributed by atoms with van der Waals surface area (Å²) in [5.41, 5.74) is 0.209. The van der Waals surface area contributed by atoms with Crippen LogP contribution < -0.4 is 14.8 Å². The second kappa shape index (κ2) is 7.44. The van der Waals surface area contributed by atoms with Crippen molar-refractivity contribution in [1.82, 2.24) is 5.32 Å². The molecule has 114 valence electrons. The Balaban J connectivity index is 2.61. The number of benzene rings is 1. The summed E-state index contributed by atoms with van der Waals surface area (Å²) >= 11 is 0. The van der Waals surface area contributed by atoms with Crippen LogP contribution in [0.25, 0.3) is 0 Å². The highest BCUT2D eigenvalue weighted by Gasteiger charge is 2.15. The van der Waals surface area contributed by atoms with Gasteiger partial charge in [0.15, 0.2) is 0 Å². The van der Waals surface area contributed by atoms with Crippen molar-refractivity contribution in [2.24, 2.45) is 0 Å². The van der Waals surface area contributed by atoms with Crippen molar-refractivity contribution >= 4 is 6.09 Å². The molecule has 1 N–H and O–H groups in total. The average molecular weight is 291 g/mol. The Bertz CT molecular complexity index is 550. The smallest absolute Gasteiger partial charge is 0.408 e. The van der Waals surface area contributed by atoms with Crippen LogP contribution in [0.4, 0.5) is 4.79 Å². The standard InChI is InChI=1S/C16H21NO4/c1-16(2,3)21-15(18)17-10-6-7-12-8-9-13(19-4)11-14(12)20-5/h8-9,11H,10H2,1-5H3,(H,17,18). The first-order valence-corrected chi connectivity index (χ1v) is 6.53. The molecule has 1 rings (SSSR count). The number of nitrogens with one attached hydrogen (secondary N) is 1. The molecule has 0 radical (unpaired) electrons. The van der Waals surface area contributed by atoms with Gasteiger partial charge in [0.25, 0.3) is 0 Å². The van der Waals surface area contributed by atoms with Gasteiger partial charge in [-0.2, -0.15) is 0 Å². The molecule has 0 spiro atoms. The fourth-order valence-electron chi connectivity index (χ4n) is 1.47. The number of amides is 1. The first kappa shape index (κ1) is 16.7. The zero-order chi connectivity index (χ0) is 15.9. The van der Waals surface area contributed by atoms with Gasteiger partial charge >= 0.3 is 6.09 Å². The second-order valence-electron chi connectivity index (χ2n) is 5.22. The van der Waals surface area contributed by atoms with E-state index in [0.29, 0.717) is 11.5 Å². The van der Waals surface area contributed by atoms with Crippen molar-refractivity contribution in [1.29, 1.82) is 0 Å². The number of hydrogen-bond donors (Lipinski definition) is 1. The third kappa shape index (κ3) is 6.09. The van der Waals surface area contributed by atoms with Crippen LogP contribution in [0.3, 0.4) is 0 Å². The van der Waals surface area contributed by atoms with Crippen LogP contribution in [0.1, 0.15) is 26.3 Å². The molecule has 1 aromatic rings. The van der Waals surface area contributed by atoms with Gasteiger partial charge in [-0.05, 0) is 32.9 Å². The average Bonchev–Trinajstić information content (AvgIpc) is 2.41. The summed E-state index contributed by atoms with van der Waals surface area (Å²) in [6.45, 7) is 5.62. The molecule has 0 aliphatic heterocycles. The van der Waals surface area contributed by atoms with Gasteiger partial charge in [-0.3, -0.25) is 0 Å². The van der Waals surface area contributed by atoms with Crippen LogP contribution in [0.15, 0.2) is 18.2 Å². The topological polar surface area (TPSA) is 56.8 Å². The van der Waals surface area contributed by atoms with E-state index in [1.807, 2.05) is 0 Å². The van der Waals surface area contributed by atoms with Gasteiger partial charge < -0.3 is 19.5 Å². The predicted molar refractivity (Wildman–Crippen MR) is 80.7 cm³/mol. The number of hydrogen-bond acceptors (Lipinski definition) is 4. The van der Waals surface area contributed by atoms with Crippen molar-refractivity contribution in [3.8, 4) is 23.3 Å². The number of methoxy groups -OCH3 is 2. The molecule has 5 nitrogen and oxygen atoms in total. The summed E-state index contributed by atoms with van der Waals surface area (Å²) in [7, 11) is 3.16. The summed E-state index contributed by atoms with van der Waals surface area (Å²) in [6, 6.07) is 5.36. The molecular weight excluding hydrogens is 270 g/mol. The highest BCUT2D eigenvalue weighted by Crippen LogP contribution is 2.23. The van der Waals surface area contributed by atoms with Crippen LogP contribution >= 0.6 is 0 Å². The van der Waals surface area contributed by atoms with Crippen molar-refractivity contribution < 1.29 is 19.0 Å². The lowest BCUT2D eigenvalue weighted by Crippen LogP contribution is -2.32. The van der Waals surface area contributed by atoms with Crippen molar-refractivity contribution in [3.63, 3.8) is 0 Å². The first-order valence-electron chi connectivity index (χ1n) is 6.53. The van der Waals surface area contributed by atoms with E-state index < -0.39 is 11.7 Å². The van der Waals surface area contributed by atoms with Crippen LogP contribution in [-0.4, -0.2) is 32.5 Å². The minimum atomic E-state index is -0.517. The van der Waals surface area contributed by atoms with Crippen LogP contribution in [-0.2, 0) is 4.74 Å². The third-order valence-corrected chi connectivity index (χ3v) is 2.35. The van der Waals surface area contributed by atoms with Crippen molar-refractivity contribution in [2.45, 2.75) is 26.4 Å². The third-order valence-electron chi connectivity index (χ3n) is 2.35. The van der Waals surface area contributed by atoms with Crippen molar-refractivity contribution in [2.75, 3.05) is 20.8 Å². The Kier molecular flexibility index (Phi) is 5.92. The lowest BCUT2D eigenvalue weighted by atomic mass is 10.2. The Labute approximate surface area is 125 Å². The number of carbonyl (C=O) groups excluding carboxylic acids is 1. The molecule has 0 fully saturated rings. The van der Waals surface area contributed by atoms with Gasteiger partial charge in [0, 0.05) is 6.07 Å². The summed E-state index contributed by atoms with van der Waals surface area (Å²) < 4.78 is 15.5. The number of alkyl carbamates (subject to hydrolysis) is 1. The highest BCUT2D eigenvalue weighted by molar-refractivity contribution is 5.68. The molecule has 1 aromatic carbocycles. The Morgan fingerprint density at radius 2 is 1.95 bits per heavy atom. The number of carbonyl (C=O) groups is 1. The molecule has 0 atom stereocenters. The molecule has 0 aromatic heterocycles. The Morgan fingerprint density at radius 1 is 1.24 bits per heavy atom. The van der Waals surface area contributed by atoms with E-state index in [2.05, 4.69) is 17.2 Å². The van der Waals surface area contributed by atoms with Gasteiger partial charge in [-0.15, -0.1) is 0 Å². The van der Waals surface area contributed by atoms with Gasteiger partial charge in [-0.25, -0.2) is 4.79 Å². The van der Waals surface area contributed by atoms with E-state index in [1.165, 1.54) is 0 Å². The highest BCUT2D eigenvalue weighted by atomic mass is 16.6. The zero-order valence-electron chi connectivity index (χ0n) is 13.1. The van der Waals surface area contributed by atoms with E-state index >= 15 is 0 Å². The Hall–Kier alpha value is -2.35. The summed E-state index contributed by atoms with van der Waals surface area (Å²) in [5, 5.41) is 2.57. The molecule has 0 bridgehead atoms. The first-order chi connectivity index (χ1) is 9.85. The normalized spacial score (nSPS) is 10.1. The Morgan fingerprint density at radius 3 is 2.52 bits per heavy atom. The van der Waals surface area contributed by atoms with E-state index in [1.54, 1.807) is 53.2 Å². The molecule has 5 heteroatoms.